The van der Waals surface area contributed by atoms with E-state index in [0.29, 0.717) is 0 Å². The van der Waals surface area contributed by atoms with Gasteiger partial charge in [-0.05, 0) is 31.9 Å². The zero-order valence-electron chi connectivity index (χ0n) is 9.96. The van der Waals surface area contributed by atoms with Crippen LogP contribution in [0.5, 0.6) is 0 Å². The van der Waals surface area contributed by atoms with Gasteiger partial charge in [-0.1, -0.05) is 61.3 Å². The Kier molecular flexibility index (Phi) is 7.00. The maximum atomic E-state index is 3.98. The number of hydrogen-bond donors (Lipinski definition) is 0. The summed E-state index contributed by atoms with van der Waals surface area (Å²) in [5, 5.41) is 0. The first kappa shape index (κ1) is 13.4. The minimum atomic E-state index is 1.03. The highest BCUT2D eigenvalue weighted by Crippen LogP contribution is 2.08. The molecule has 15 heavy (non-hydrogen) atoms. The second-order valence-corrected chi connectivity index (χ2v) is 3.47. The second-order valence-electron chi connectivity index (χ2n) is 3.47. The molecular formula is C15H20. The van der Waals surface area contributed by atoms with Crippen molar-refractivity contribution in [3.8, 4) is 0 Å². The van der Waals surface area contributed by atoms with Gasteiger partial charge in [0.2, 0.25) is 0 Å². The van der Waals surface area contributed by atoms with E-state index in [0.717, 1.165) is 16.7 Å². The van der Waals surface area contributed by atoms with Crippen LogP contribution in [0.2, 0.25) is 0 Å². The van der Waals surface area contributed by atoms with Crippen LogP contribution in [-0.2, 0) is 0 Å². The average molecular weight is 200 g/mol. The Balaban J connectivity index is 4.37. The number of rotatable bonds is 5. The largest absolute Gasteiger partial charge is 0.0961 e. The first-order valence-electron chi connectivity index (χ1n) is 5.07. The van der Waals surface area contributed by atoms with Gasteiger partial charge in [0.15, 0.2) is 0 Å². The van der Waals surface area contributed by atoms with Gasteiger partial charge in [-0.15, -0.1) is 0 Å². The molecule has 0 saturated carbocycles. The fourth-order valence-electron chi connectivity index (χ4n) is 0.878. The van der Waals surface area contributed by atoms with E-state index in [1.807, 2.05) is 63.3 Å². The summed E-state index contributed by atoms with van der Waals surface area (Å²) in [6.07, 6.45) is 14.0. The Labute approximate surface area is 93.7 Å². The predicted molar refractivity (Wildman–Crippen MR) is 70.8 cm³/mol. The molecule has 0 aliphatic heterocycles. The molecular weight excluding hydrogens is 180 g/mol. The van der Waals surface area contributed by atoms with Crippen molar-refractivity contribution in [2.45, 2.75) is 20.8 Å². The lowest BCUT2D eigenvalue weighted by Crippen LogP contribution is -1.77. The van der Waals surface area contributed by atoms with Gasteiger partial charge in [0.25, 0.3) is 0 Å². The van der Waals surface area contributed by atoms with Crippen LogP contribution in [0, 0.1) is 0 Å². The van der Waals surface area contributed by atoms with Gasteiger partial charge in [-0.3, -0.25) is 0 Å². The third-order valence-electron chi connectivity index (χ3n) is 1.83. The predicted octanol–water partition coefficient (Wildman–Crippen LogP) is 4.75. The highest BCUT2D eigenvalue weighted by molar-refractivity contribution is 5.39. The molecule has 0 aliphatic rings. The zero-order valence-corrected chi connectivity index (χ0v) is 9.96. The minimum Gasteiger partial charge on any atom is -0.0961 e. The Morgan fingerprint density at radius 3 is 2.13 bits per heavy atom. The standard InChI is InChI=1S/C15H20/c1-6-7-8-11-14(4)15(5)12-9-10-13(2)3/h6-12H,2,4H2,1,3,5H3/b7-6-,10-9-,11-8-,15-12+. The van der Waals surface area contributed by atoms with Crippen molar-refractivity contribution in [3.05, 3.63) is 72.4 Å². The third kappa shape index (κ3) is 7.51. The van der Waals surface area contributed by atoms with Gasteiger partial charge in [0.1, 0.15) is 0 Å². The van der Waals surface area contributed by atoms with Crippen LogP contribution >= 0.6 is 0 Å². The summed E-state index contributed by atoms with van der Waals surface area (Å²) in [5.74, 6) is 0. The van der Waals surface area contributed by atoms with E-state index >= 15 is 0 Å². The number of hydrogen-bond acceptors (Lipinski definition) is 0. The Morgan fingerprint density at radius 2 is 1.60 bits per heavy atom. The van der Waals surface area contributed by atoms with Gasteiger partial charge >= 0.3 is 0 Å². The third-order valence-corrected chi connectivity index (χ3v) is 1.83. The smallest absolute Gasteiger partial charge is 0.0299 e. The van der Waals surface area contributed by atoms with Crippen molar-refractivity contribution < 1.29 is 0 Å². The molecule has 0 bridgehead atoms. The van der Waals surface area contributed by atoms with Crippen molar-refractivity contribution >= 4 is 0 Å². The van der Waals surface area contributed by atoms with Gasteiger partial charge in [0, 0.05) is 0 Å². The molecule has 0 aromatic rings. The van der Waals surface area contributed by atoms with Crippen LogP contribution in [0.15, 0.2) is 72.4 Å². The molecule has 0 saturated heterocycles. The molecule has 0 spiro atoms. The van der Waals surface area contributed by atoms with Crippen LogP contribution in [0.4, 0.5) is 0 Å². The van der Waals surface area contributed by atoms with Crippen LogP contribution in [-0.4, -0.2) is 0 Å². The molecule has 0 N–H and O–H groups in total. The summed E-state index contributed by atoms with van der Waals surface area (Å²) in [5.41, 5.74) is 3.24. The van der Waals surface area contributed by atoms with Gasteiger partial charge < -0.3 is 0 Å². The fraction of sp³-hybridized carbons (Fsp3) is 0.200. The van der Waals surface area contributed by atoms with Crippen LogP contribution < -0.4 is 0 Å². The Morgan fingerprint density at radius 1 is 0.933 bits per heavy atom. The highest BCUT2D eigenvalue weighted by Gasteiger charge is 1.88. The SMILES string of the molecule is C=C(C)/C=C\C=C(/C)C(=C)/C=C\C=C/C. The Hall–Kier alpha value is -1.56. The lowest BCUT2D eigenvalue weighted by Gasteiger charge is -1.97. The van der Waals surface area contributed by atoms with E-state index in [-0.39, 0.29) is 0 Å². The Bertz CT molecular complexity index is 333. The van der Waals surface area contributed by atoms with E-state index in [9.17, 15) is 0 Å². The molecule has 0 unspecified atom stereocenters. The summed E-state index contributed by atoms with van der Waals surface area (Å²) < 4.78 is 0. The molecule has 0 nitrogen and oxygen atoms in total. The minimum absolute atomic E-state index is 1.03. The van der Waals surface area contributed by atoms with E-state index in [2.05, 4.69) is 13.2 Å². The lowest BCUT2D eigenvalue weighted by molar-refractivity contribution is 1.44. The molecule has 0 amide bonds. The molecule has 0 aliphatic carbocycles. The summed E-state index contributed by atoms with van der Waals surface area (Å²) in [6.45, 7) is 13.8. The molecule has 0 heteroatoms. The molecule has 0 radical (unpaired) electrons. The molecule has 0 atom stereocenters. The molecule has 0 aromatic carbocycles. The average Bonchev–Trinajstić information content (AvgIpc) is 2.17. The molecule has 0 rings (SSSR count). The number of allylic oxidation sites excluding steroid dienone is 10. The van der Waals surface area contributed by atoms with E-state index in [1.165, 1.54) is 0 Å². The summed E-state index contributed by atoms with van der Waals surface area (Å²) in [6, 6.07) is 0. The monoisotopic (exact) mass is 200 g/mol. The second kappa shape index (κ2) is 7.81. The van der Waals surface area contributed by atoms with E-state index in [1.54, 1.807) is 0 Å². The van der Waals surface area contributed by atoms with Crippen LogP contribution in [0.3, 0.4) is 0 Å². The van der Waals surface area contributed by atoms with Crippen molar-refractivity contribution in [1.82, 2.24) is 0 Å². The van der Waals surface area contributed by atoms with Gasteiger partial charge in [-0.2, -0.15) is 0 Å². The summed E-state index contributed by atoms with van der Waals surface area (Å²) in [4.78, 5) is 0. The van der Waals surface area contributed by atoms with E-state index in [4.69, 9.17) is 0 Å². The quantitative estimate of drug-likeness (QED) is 0.562. The summed E-state index contributed by atoms with van der Waals surface area (Å²) >= 11 is 0. The highest BCUT2D eigenvalue weighted by atomic mass is 13.9. The first-order chi connectivity index (χ1) is 7.07. The normalized spacial score (nSPS) is 13.1. The van der Waals surface area contributed by atoms with Crippen LogP contribution in [0.1, 0.15) is 20.8 Å². The van der Waals surface area contributed by atoms with E-state index < -0.39 is 0 Å². The zero-order chi connectivity index (χ0) is 11.7. The van der Waals surface area contributed by atoms with Crippen molar-refractivity contribution in [1.29, 1.82) is 0 Å². The summed E-state index contributed by atoms with van der Waals surface area (Å²) in [7, 11) is 0. The fourth-order valence-corrected chi connectivity index (χ4v) is 0.878. The topological polar surface area (TPSA) is 0 Å². The maximum absolute atomic E-state index is 3.98. The van der Waals surface area contributed by atoms with Crippen molar-refractivity contribution in [2.75, 3.05) is 0 Å². The first-order valence-corrected chi connectivity index (χ1v) is 5.07. The molecule has 0 fully saturated rings. The maximum Gasteiger partial charge on any atom is -0.0299 e. The molecule has 80 valence electrons. The van der Waals surface area contributed by atoms with Crippen LogP contribution in [0.25, 0.3) is 0 Å². The van der Waals surface area contributed by atoms with Gasteiger partial charge in [0.05, 0.1) is 0 Å². The lowest BCUT2D eigenvalue weighted by atomic mass is 10.1. The van der Waals surface area contributed by atoms with Gasteiger partial charge in [-0.25, -0.2) is 0 Å². The molecule has 0 aromatic heterocycles. The molecule has 0 heterocycles. The van der Waals surface area contributed by atoms with Crippen molar-refractivity contribution in [3.63, 3.8) is 0 Å². The van der Waals surface area contributed by atoms with Crippen molar-refractivity contribution in [2.24, 2.45) is 0 Å².